The van der Waals surface area contributed by atoms with Crippen molar-refractivity contribution in [3.8, 4) is 0 Å². The molecule has 1 aliphatic heterocycles. The zero-order valence-electron chi connectivity index (χ0n) is 12.2. The molecule has 0 radical (unpaired) electrons. The molecule has 1 atom stereocenters. The highest BCUT2D eigenvalue weighted by atomic mass is 16.1. The highest BCUT2D eigenvalue weighted by Crippen LogP contribution is 2.12. The number of likely N-dealkylation sites (tertiary alicyclic amines) is 1. The summed E-state index contributed by atoms with van der Waals surface area (Å²) < 4.78 is 0. The standard InChI is InChI=1S/C14H29N3O/c1-4-7-15-10-12(2)11-17-8-5-14(6-9-17)16-13(3)18/h12,14-15H,4-11H2,1-3H3,(H,16,18). The van der Waals surface area contributed by atoms with Crippen molar-refractivity contribution in [1.82, 2.24) is 15.5 Å². The average Bonchev–Trinajstić information content (AvgIpc) is 2.31. The van der Waals surface area contributed by atoms with Gasteiger partial charge in [0.05, 0.1) is 0 Å². The molecule has 18 heavy (non-hydrogen) atoms. The molecule has 1 saturated heterocycles. The number of amides is 1. The number of hydrogen-bond acceptors (Lipinski definition) is 3. The van der Waals surface area contributed by atoms with Crippen LogP contribution in [-0.4, -0.2) is 49.6 Å². The van der Waals surface area contributed by atoms with Crippen molar-refractivity contribution in [3.63, 3.8) is 0 Å². The Morgan fingerprint density at radius 2 is 2.06 bits per heavy atom. The maximum Gasteiger partial charge on any atom is 0.217 e. The lowest BCUT2D eigenvalue weighted by atomic mass is 10.0. The summed E-state index contributed by atoms with van der Waals surface area (Å²) in [6.07, 6.45) is 3.39. The topological polar surface area (TPSA) is 44.4 Å². The van der Waals surface area contributed by atoms with Gasteiger partial charge in [0.1, 0.15) is 0 Å². The van der Waals surface area contributed by atoms with Gasteiger partial charge in [0.15, 0.2) is 0 Å². The normalized spacial score (nSPS) is 19.7. The van der Waals surface area contributed by atoms with E-state index in [2.05, 4.69) is 29.4 Å². The summed E-state index contributed by atoms with van der Waals surface area (Å²) >= 11 is 0. The molecule has 1 amide bonds. The molecule has 0 aromatic heterocycles. The Morgan fingerprint density at radius 3 is 2.61 bits per heavy atom. The van der Waals surface area contributed by atoms with E-state index in [4.69, 9.17) is 0 Å². The van der Waals surface area contributed by atoms with Gasteiger partial charge < -0.3 is 15.5 Å². The number of rotatable bonds is 7. The van der Waals surface area contributed by atoms with E-state index >= 15 is 0 Å². The predicted octanol–water partition coefficient (Wildman–Crippen LogP) is 1.22. The van der Waals surface area contributed by atoms with Crippen LogP contribution in [0.4, 0.5) is 0 Å². The zero-order chi connectivity index (χ0) is 13.4. The van der Waals surface area contributed by atoms with Crippen LogP contribution >= 0.6 is 0 Å². The average molecular weight is 255 g/mol. The van der Waals surface area contributed by atoms with Crippen LogP contribution in [0.5, 0.6) is 0 Å². The molecule has 1 unspecified atom stereocenters. The first kappa shape index (κ1) is 15.4. The van der Waals surface area contributed by atoms with E-state index in [9.17, 15) is 4.79 Å². The lowest BCUT2D eigenvalue weighted by Gasteiger charge is -2.33. The monoisotopic (exact) mass is 255 g/mol. The Balaban J connectivity index is 2.12. The molecular formula is C14H29N3O. The summed E-state index contributed by atoms with van der Waals surface area (Å²) in [6, 6.07) is 0.396. The highest BCUT2D eigenvalue weighted by Gasteiger charge is 2.20. The van der Waals surface area contributed by atoms with Crippen LogP contribution in [-0.2, 0) is 4.79 Å². The first-order valence-corrected chi connectivity index (χ1v) is 7.32. The molecule has 0 bridgehead atoms. The molecule has 1 aliphatic rings. The summed E-state index contributed by atoms with van der Waals surface area (Å²) in [5, 5.41) is 6.50. The number of nitrogens with zero attached hydrogens (tertiary/aromatic N) is 1. The molecule has 0 aromatic rings. The second-order valence-corrected chi connectivity index (χ2v) is 5.58. The van der Waals surface area contributed by atoms with Crippen molar-refractivity contribution in [2.45, 2.75) is 46.1 Å². The van der Waals surface area contributed by atoms with Crippen LogP contribution in [0.25, 0.3) is 0 Å². The van der Waals surface area contributed by atoms with E-state index < -0.39 is 0 Å². The van der Waals surface area contributed by atoms with Crippen LogP contribution in [0.3, 0.4) is 0 Å². The lowest BCUT2D eigenvalue weighted by Crippen LogP contribution is -2.45. The van der Waals surface area contributed by atoms with Gasteiger partial charge in [0.25, 0.3) is 0 Å². The fourth-order valence-corrected chi connectivity index (χ4v) is 2.58. The number of piperidine rings is 1. The molecule has 1 heterocycles. The SMILES string of the molecule is CCCNCC(C)CN1CCC(NC(C)=O)CC1. The van der Waals surface area contributed by atoms with Gasteiger partial charge in [-0.25, -0.2) is 0 Å². The molecule has 106 valence electrons. The van der Waals surface area contributed by atoms with Crippen molar-refractivity contribution in [3.05, 3.63) is 0 Å². The number of hydrogen-bond donors (Lipinski definition) is 2. The fraction of sp³-hybridized carbons (Fsp3) is 0.929. The quantitative estimate of drug-likeness (QED) is 0.672. The molecule has 4 nitrogen and oxygen atoms in total. The van der Waals surface area contributed by atoms with E-state index in [0.29, 0.717) is 12.0 Å². The van der Waals surface area contributed by atoms with Gasteiger partial charge in [0, 0.05) is 32.6 Å². The van der Waals surface area contributed by atoms with Gasteiger partial charge in [-0.2, -0.15) is 0 Å². The zero-order valence-corrected chi connectivity index (χ0v) is 12.2. The van der Waals surface area contributed by atoms with Crippen LogP contribution in [0.2, 0.25) is 0 Å². The van der Waals surface area contributed by atoms with Crippen molar-refractivity contribution in [2.75, 3.05) is 32.7 Å². The first-order chi connectivity index (χ1) is 8.61. The molecule has 0 aliphatic carbocycles. The third-order valence-corrected chi connectivity index (χ3v) is 3.48. The molecule has 0 aromatic carbocycles. The molecule has 2 N–H and O–H groups in total. The predicted molar refractivity (Wildman–Crippen MR) is 75.6 cm³/mol. The molecule has 0 spiro atoms. The van der Waals surface area contributed by atoms with E-state index in [1.54, 1.807) is 6.92 Å². The van der Waals surface area contributed by atoms with E-state index in [1.807, 2.05) is 0 Å². The Kier molecular flexibility index (Phi) is 7.28. The van der Waals surface area contributed by atoms with Crippen molar-refractivity contribution in [1.29, 1.82) is 0 Å². The van der Waals surface area contributed by atoms with Gasteiger partial charge >= 0.3 is 0 Å². The van der Waals surface area contributed by atoms with Crippen LogP contribution in [0, 0.1) is 5.92 Å². The minimum atomic E-state index is 0.102. The Morgan fingerprint density at radius 1 is 1.39 bits per heavy atom. The third-order valence-electron chi connectivity index (χ3n) is 3.48. The number of carbonyl (C=O) groups is 1. The first-order valence-electron chi connectivity index (χ1n) is 7.32. The van der Waals surface area contributed by atoms with Crippen molar-refractivity contribution in [2.24, 2.45) is 5.92 Å². The molecular weight excluding hydrogens is 226 g/mol. The molecule has 1 rings (SSSR count). The summed E-state index contributed by atoms with van der Waals surface area (Å²) in [7, 11) is 0. The minimum Gasteiger partial charge on any atom is -0.354 e. The van der Waals surface area contributed by atoms with Crippen LogP contribution in [0.1, 0.15) is 40.0 Å². The van der Waals surface area contributed by atoms with E-state index in [-0.39, 0.29) is 5.91 Å². The van der Waals surface area contributed by atoms with Crippen molar-refractivity contribution < 1.29 is 4.79 Å². The second-order valence-electron chi connectivity index (χ2n) is 5.58. The van der Waals surface area contributed by atoms with Gasteiger partial charge in [-0.1, -0.05) is 13.8 Å². The third kappa shape index (κ3) is 6.36. The molecule has 4 heteroatoms. The summed E-state index contributed by atoms with van der Waals surface area (Å²) in [6.45, 7) is 11.7. The fourth-order valence-electron chi connectivity index (χ4n) is 2.58. The minimum absolute atomic E-state index is 0.102. The van der Waals surface area contributed by atoms with Gasteiger partial charge in [-0.15, -0.1) is 0 Å². The molecule has 0 saturated carbocycles. The maximum absolute atomic E-state index is 11.0. The Labute approximate surface area is 111 Å². The highest BCUT2D eigenvalue weighted by molar-refractivity contribution is 5.73. The van der Waals surface area contributed by atoms with Gasteiger partial charge in [-0.3, -0.25) is 4.79 Å². The van der Waals surface area contributed by atoms with Gasteiger partial charge in [0.2, 0.25) is 5.91 Å². The van der Waals surface area contributed by atoms with Crippen LogP contribution < -0.4 is 10.6 Å². The summed E-state index contributed by atoms with van der Waals surface area (Å²) in [5.74, 6) is 0.805. The Hall–Kier alpha value is -0.610. The largest absolute Gasteiger partial charge is 0.354 e. The molecule has 1 fully saturated rings. The lowest BCUT2D eigenvalue weighted by molar-refractivity contribution is -0.119. The van der Waals surface area contributed by atoms with E-state index in [1.165, 1.54) is 13.0 Å². The van der Waals surface area contributed by atoms with Gasteiger partial charge in [-0.05, 0) is 38.3 Å². The second kappa shape index (κ2) is 8.48. The van der Waals surface area contributed by atoms with Crippen molar-refractivity contribution >= 4 is 5.91 Å². The van der Waals surface area contributed by atoms with Crippen LogP contribution in [0.15, 0.2) is 0 Å². The number of nitrogens with one attached hydrogen (secondary N) is 2. The van der Waals surface area contributed by atoms with E-state index in [0.717, 1.165) is 39.0 Å². The number of carbonyl (C=O) groups excluding carboxylic acids is 1. The Bertz CT molecular complexity index is 237. The maximum atomic E-state index is 11.0. The summed E-state index contributed by atoms with van der Waals surface area (Å²) in [4.78, 5) is 13.5. The summed E-state index contributed by atoms with van der Waals surface area (Å²) in [5.41, 5.74) is 0. The smallest absolute Gasteiger partial charge is 0.217 e.